The molecule has 0 saturated carbocycles. The summed E-state index contributed by atoms with van der Waals surface area (Å²) in [5, 5.41) is 0. The maximum absolute atomic E-state index is 11.4. The fourth-order valence-electron chi connectivity index (χ4n) is 0.982. The minimum Gasteiger partial charge on any atom is -0.469 e. The predicted octanol–water partition coefficient (Wildman–Crippen LogP) is 0.541. The number of hydrogen-bond acceptors (Lipinski definition) is 3. The normalized spacial score (nSPS) is 9.57. The van der Waals surface area contributed by atoms with Gasteiger partial charge in [0.1, 0.15) is 6.42 Å². The van der Waals surface area contributed by atoms with E-state index in [-0.39, 0.29) is 12.3 Å². The molecule has 0 fully saturated rings. The molecule has 0 saturated heterocycles. The van der Waals surface area contributed by atoms with Gasteiger partial charge in [-0.2, -0.15) is 0 Å². The number of H-pyrrole nitrogens is 1. The Bertz CT molecular complexity index is 319. The summed E-state index contributed by atoms with van der Waals surface area (Å²) in [6.45, 7) is 0. The first-order valence-electron chi connectivity index (χ1n) is 4.11. The molecule has 0 bridgehead atoms. The molecule has 0 atom stereocenters. The van der Waals surface area contributed by atoms with Gasteiger partial charge in [0.15, 0.2) is 0 Å². The summed E-state index contributed by atoms with van der Waals surface area (Å²) in [6, 6.07) is 1.75. The van der Waals surface area contributed by atoms with Crippen LogP contribution in [-0.4, -0.2) is 31.0 Å². The van der Waals surface area contributed by atoms with Crippen molar-refractivity contribution < 1.29 is 14.3 Å². The quantitative estimate of drug-likeness (QED) is 0.567. The van der Waals surface area contributed by atoms with E-state index in [0.717, 1.165) is 5.69 Å². The minimum atomic E-state index is -0.530. The maximum Gasteiger partial charge on any atom is 0.315 e. The van der Waals surface area contributed by atoms with Crippen molar-refractivity contribution in [3.63, 3.8) is 0 Å². The number of nitrogens with zero attached hydrogens (tertiary/aromatic N) is 1. The minimum absolute atomic E-state index is 0.238. The van der Waals surface area contributed by atoms with Gasteiger partial charge in [0, 0.05) is 19.4 Å². The molecule has 1 heterocycles. The molecule has 1 aromatic heterocycles. The van der Waals surface area contributed by atoms with E-state index in [1.165, 1.54) is 12.0 Å². The molecule has 0 spiro atoms. The van der Waals surface area contributed by atoms with E-state index in [9.17, 15) is 9.59 Å². The Hall–Kier alpha value is -1.78. The van der Waals surface area contributed by atoms with Crippen LogP contribution < -0.4 is 4.90 Å². The first-order valence-corrected chi connectivity index (χ1v) is 4.11. The lowest BCUT2D eigenvalue weighted by Crippen LogP contribution is -2.28. The molecular formula is C9H12N2O3. The van der Waals surface area contributed by atoms with E-state index in [4.69, 9.17) is 0 Å². The highest BCUT2D eigenvalue weighted by Crippen LogP contribution is 2.11. The Labute approximate surface area is 81.7 Å². The van der Waals surface area contributed by atoms with Gasteiger partial charge in [0.25, 0.3) is 0 Å². The first kappa shape index (κ1) is 10.3. The number of hydrogen-bond donors (Lipinski definition) is 1. The number of ether oxygens (including phenoxy) is 1. The Morgan fingerprint density at radius 3 is 2.79 bits per heavy atom. The lowest BCUT2D eigenvalue weighted by molar-refractivity contribution is -0.143. The Balaban J connectivity index is 2.58. The van der Waals surface area contributed by atoms with E-state index in [2.05, 4.69) is 9.72 Å². The molecule has 0 aliphatic heterocycles. The van der Waals surface area contributed by atoms with Crippen LogP contribution in [0.3, 0.4) is 0 Å². The third kappa shape index (κ3) is 2.35. The summed E-state index contributed by atoms with van der Waals surface area (Å²) in [4.78, 5) is 26.5. The van der Waals surface area contributed by atoms with Crippen molar-refractivity contribution >= 4 is 17.6 Å². The van der Waals surface area contributed by atoms with Gasteiger partial charge < -0.3 is 14.6 Å². The highest BCUT2D eigenvalue weighted by Gasteiger charge is 2.15. The van der Waals surface area contributed by atoms with Crippen LogP contribution in [0.2, 0.25) is 0 Å². The van der Waals surface area contributed by atoms with Crippen molar-refractivity contribution in [3.8, 4) is 0 Å². The zero-order valence-electron chi connectivity index (χ0n) is 8.11. The number of amides is 1. The number of carbonyl (C=O) groups excluding carboxylic acids is 2. The number of carbonyl (C=O) groups is 2. The molecule has 1 rings (SSSR count). The monoisotopic (exact) mass is 196 g/mol. The lowest BCUT2D eigenvalue weighted by Gasteiger charge is -2.14. The SMILES string of the molecule is COC(=O)CC(=O)N(C)c1cc[nH]c1. The zero-order valence-corrected chi connectivity index (χ0v) is 8.11. The van der Waals surface area contributed by atoms with Gasteiger partial charge in [-0.15, -0.1) is 0 Å². The van der Waals surface area contributed by atoms with Crippen molar-refractivity contribution in [1.82, 2.24) is 4.98 Å². The van der Waals surface area contributed by atoms with E-state index in [1.807, 2.05) is 0 Å². The van der Waals surface area contributed by atoms with Crippen molar-refractivity contribution in [3.05, 3.63) is 18.5 Å². The molecular weight excluding hydrogens is 184 g/mol. The molecule has 5 nitrogen and oxygen atoms in total. The van der Waals surface area contributed by atoms with Crippen LogP contribution in [0.25, 0.3) is 0 Å². The van der Waals surface area contributed by atoms with Gasteiger partial charge in [0.05, 0.1) is 12.8 Å². The number of aromatic amines is 1. The number of methoxy groups -OCH3 is 1. The van der Waals surface area contributed by atoms with Gasteiger partial charge >= 0.3 is 5.97 Å². The van der Waals surface area contributed by atoms with Crippen molar-refractivity contribution in [2.45, 2.75) is 6.42 Å². The van der Waals surface area contributed by atoms with Crippen LogP contribution in [0.4, 0.5) is 5.69 Å². The van der Waals surface area contributed by atoms with Gasteiger partial charge in [-0.05, 0) is 6.07 Å². The number of esters is 1. The first-order chi connectivity index (χ1) is 6.65. The third-order valence-electron chi connectivity index (χ3n) is 1.87. The van der Waals surface area contributed by atoms with Crippen LogP contribution in [0, 0.1) is 0 Å². The second-order valence-electron chi connectivity index (χ2n) is 2.77. The maximum atomic E-state index is 11.4. The van der Waals surface area contributed by atoms with Crippen LogP contribution in [-0.2, 0) is 14.3 Å². The average molecular weight is 196 g/mol. The van der Waals surface area contributed by atoms with Crippen molar-refractivity contribution in [1.29, 1.82) is 0 Å². The Morgan fingerprint density at radius 2 is 2.29 bits per heavy atom. The lowest BCUT2D eigenvalue weighted by atomic mass is 10.3. The summed E-state index contributed by atoms with van der Waals surface area (Å²) in [6.07, 6.45) is 3.14. The molecule has 0 unspecified atom stereocenters. The van der Waals surface area contributed by atoms with E-state index < -0.39 is 5.97 Å². The number of aromatic nitrogens is 1. The van der Waals surface area contributed by atoms with Gasteiger partial charge in [-0.25, -0.2) is 0 Å². The molecule has 1 N–H and O–H groups in total. The van der Waals surface area contributed by atoms with Gasteiger partial charge in [0.2, 0.25) is 5.91 Å². The summed E-state index contributed by atoms with van der Waals surface area (Å²) >= 11 is 0. The molecule has 0 aliphatic carbocycles. The standard InChI is InChI=1S/C9H12N2O3/c1-11(7-3-4-10-6-7)8(12)5-9(13)14-2/h3-4,6,10H,5H2,1-2H3. The van der Waals surface area contributed by atoms with Crippen LogP contribution in [0.1, 0.15) is 6.42 Å². The summed E-state index contributed by atoms with van der Waals surface area (Å²) in [7, 11) is 2.86. The smallest absolute Gasteiger partial charge is 0.315 e. The number of anilines is 1. The second kappa shape index (κ2) is 4.45. The van der Waals surface area contributed by atoms with Crippen molar-refractivity contribution in [2.75, 3.05) is 19.1 Å². The highest BCUT2D eigenvalue weighted by atomic mass is 16.5. The van der Waals surface area contributed by atoms with E-state index >= 15 is 0 Å². The fourth-order valence-corrected chi connectivity index (χ4v) is 0.982. The van der Waals surface area contributed by atoms with E-state index in [1.54, 1.807) is 25.5 Å². The zero-order chi connectivity index (χ0) is 10.6. The molecule has 76 valence electrons. The molecule has 0 radical (unpaired) electrons. The van der Waals surface area contributed by atoms with Crippen molar-refractivity contribution in [2.24, 2.45) is 0 Å². The number of nitrogens with one attached hydrogen (secondary N) is 1. The Morgan fingerprint density at radius 1 is 1.57 bits per heavy atom. The molecule has 0 aliphatic rings. The van der Waals surface area contributed by atoms with Gasteiger partial charge in [-0.1, -0.05) is 0 Å². The van der Waals surface area contributed by atoms with Crippen LogP contribution in [0.15, 0.2) is 18.5 Å². The van der Waals surface area contributed by atoms with E-state index in [0.29, 0.717) is 0 Å². The van der Waals surface area contributed by atoms with Gasteiger partial charge in [-0.3, -0.25) is 9.59 Å². The predicted molar refractivity (Wildman–Crippen MR) is 50.8 cm³/mol. The Kier molecular flexibility index (Phi) is 3.28. The largest absolute Gasteiger partial charge is 0.469 e. The highest BCUT2D eigenvalue weighted by molar-refractivity contribution is 6.02. The van der Waals surface area contributed by atoms with Crippen LogP contribution >= 0.6 is 0 Å². The molecule has 1 amide bonds. The van der Waals surface area contributed by atoms with Crippen LogP contribution in [0.5, 0.6) is 0 Å². The average Bonchev–Trinajstić information content (AvgIpc) is 2.69. The molecule has 0 aromatic carbocycles. The molecule has 1 aromatic rings. The fraction of sp³-hybridized carbons (Fsp3) is 0.333. The molecule has 5 heteroatoms. The summed E-state index contributed by atoms with van der Waals surface area (Å²) in [5.74, 6) is -0.825. The second-order valence-corrected chi connectivity index (χ2v) is 2.77. The topological polar surface area (TPSA) is 62.4 Å². The third-order valence-corrected chi connectivity index (χ3v) is 1.87. The summed E-state index contributed by atoms with van der Waals surface area (Å²) in [5.41, 5.74) is 0.721. The molecule has 14 heavy (non-hydrogen) atoms. The number of rotatable bonds is 3. The summed E-state index contributed by atoms with van der Waals surface area (Å²) < 4.78 is 4.39.